The number of ether oxygens (including phenoxy) is 3. The van der Waals surface area contributed by atoms with Crippen molar-refractivity contribution in [1.29, 1.82) is 0 Å². The highest BCUT2D eigenvalue weighted by Crippen LogP contribution is 2.30. The predicted octanol–water partition coefficient (Wildman–Crippen LogP) is 3.24. The topological polar surface area (TPSA) is 52.6 Å². The van der Waals surface area contributed by atoms with Gasteiger partial charge in [-0.15, -0.1) is 0 Å². The van der Waals surface area contributed by atoms with Crippen molar-refractivity contribution in [1.82, 2.24) is 4.98 Å². The van der Waals surface area contributed by atoms with E-state index in [4.69, 9.17) is 14.2 Å². The van der Waals surface area contributed by atoms with Crippen LogP contribution in [0.3, 0.4) is 0 Å². The molecule has 1 aromatic carbocycles. The Morgan fingerprint density at radius 2 is 1.67 bits per heavy atom. The molecule has 2 aliphatic rings. The molecule has 0 radical (unpaired) electrons. The molecule has 24 heavy (non-hydrogen) atoms. The number of nitrogens with zero attached hydrogens (tertiary/aromatic N) is 1. The van der Waals surface area contributed by atoms with Crippen molar-refractivity contribution in [2.45, 2.75) is 13.8 Å². The average Bonchev–Trinajstić information content (AvgIpc) is 2.57. The van der Waals surface area contributed by atoms with E-state index in [9.17, 15) is 8.78 Å². The molecule has 128 valence electrons. The SMILES string of the molecule is Cc1cc2c(cc1F)NCCO2.Cc1nc2c(cc1F)OCCO2. The Labute approximate surface area is 138 Å². The van der Waals surface area contributed by atoms with Gasteiger partial charge in [-0.2, -0.15) is 0 Å². The van der Waals surface area contributed by atoms with Crippen molar-refractivity contribution in [2.75, 3.05) is 31.7 Å². The van der Waals surface area contributed by atoms with E-state index < -0.39 is 0 Å². The summed E-state index contributed by atoms with van der Waals surface area (Å²) in [5, 5.41) is 3.07. The molecule has 7 heteroatoms. The molecule has 0 amide bonds. The van der Waals surface area contributed by atoms with Gasteiger partial charge in [0.2, 0.25) is 0 Å². The highest BCUT2D eigenvalue weighted by molar-refractivity contribution is 5.59. The van der Waals surface area contributed by atoms with E-state index in [1.807, 2.05) is 0 Å². The van der Waals surface area contributed by atoms with Gasteiger partial charge in [-0.3, -0.25) is 0 Å². The number of rotatable bonds is 0. The molecular weight excluding hydrogens is 318 g/mol. The van der Waals surface area contributed by atoms with E-state index in [1.165, 1.54) is 12.1 Å². The number of aryl methyl sites for hydroxylation is 2. The summed E-state index contributed by atoms with van der Waals surface area (Å²) in [6.45, 7) is 5.65. The monoisotopic (exact) mass is 336 g/mol. The molecule has 0 unspecified atom stereocenters. The third-order valence-electron chi connectivity index (χ3n) is 3.60. The number of pyridine rings is 1. The first-order chi connectivity index (χ1) is 11.5. The van der Waals surface area contributed by atoms with E-state index in [0.717, 1.165) is 18.0 Å². The van der Waals surface area contributed by atoms with Gasteiger partial charge in [-0.1, -0.05) is 0 Å². The van der Waals surface area contributed by atoms with Crippen LogP contribution in [0.15, 0.2) is 18.2 Å². The Kier molecular flexibility index (Phi) is 4.69. The van der Waals surface area contributed by atoms with Crippen molar-refractivity contribution in [3.63, 3.8) is 0 Å². The number of nitrogens with one attached hydrogen (secondary N) is 1. The second kappa shape index (κ2) is 6.90. The van der Waals surface area contributed by atoms with Gasteiger partial charge >= 0.3 is 0 Å². The Balaban J connectivity index is 0.000000141. The number of halogens is 2. The van der Waals surface area contributed by atoms with Gasteiger partial charge in [0, 0.05) is 18.7 Å². The first kappa shape index (κ1) is 16.3. The number of anilines is 1. The zero-order chi connectivity index (χ0) is 17.1. The average molecular weight is 336 g/mol. The summed E-state index contributed by atoms with van der Waals surface area (Å²) in [6.07, 6.45) is 0. The van der Waals surface area contributed by atoms with E-state index in [2.05, 4.69) is 10.3 Å². The van der Waals surface area contributed by atoms with Gasteiger partial charge < -0.3 is 19.5 Å². The molecule has 0 saturated heterocycles. The van der Waals surface area contributed by atoms with Crippen LogP contribution in [-0.2, 0) is 0 Å². The van der Waals surface area contributed by atoms with Crippen LogP contribution in [0.5, 0.6) is 17.4 Å². The number of fused-ring (bicyclic) bond motifs is 2. The molecule has 0 spiro atoms. The second-order valence-electron chi connectivity index (χ2n) is 5.43. The third-order valence-corrected chi connectivity index (χ3v) is 3.60. The lowest BCUT2D eigenvalue weighted by Gasteiger charge is -2.19. The maximum Gasteiger partial charge on any atom is 0.257 e. The van der Waals surface area contributed by atoms with Crippen LogP contribution in [0.4, 0.5) is 14.5 Å². The normalized spacial score (nSPS) is 14.5. The highest BCUT2D eigenvalue weighted by atomic mass is 19.1. The smallest absolute Gasteiger partial charge is 0.257 e. The van der Waals surface area contributed by atoms with Crippen LogP contribution in [0.2, 0.25) is 0 Å². The van der Waals surface area contributed by atoms with Crippen LogP contribution in [0.25, 0.3) is 0 Å². The summed E-state index contributed by atoms with van der Waals surface area (Å²) in [6, 6.07) is 4.50. The first-order valence-electron chi connectivity index (χ1n) is 7.64. The predicted molar refractivity (Wildman–Crippen MR) is 85.0 cm³/mol. The Bertz CT molecular complexity index is 628. The molecule has 0 fully saturated rings. The van der Waals surface area contributed by atoms with Crippen molar-refractivity contribution in [2.24, 2.45) is 0 Å². The van der Waals surface area contributed by atoms with Gasteiger partial charge in [0.1, 0.15) is 37.2 Å². The molecule has 1 N–H and O–H groups in total. The zero-order valence-electron chi connectivity index (χ0n) is 13.5. The summed E-state index contributed by atoms with van der Waals surface area (Å²) in [4.78, 5) is 3.89. The fourth-order valence-corrected chi connectivity index (χ4v) is 2.30. The van der Waals surface area contributed by atoms with E-state index in [-0.39, 0.29) is 11.6 Å². The fourth-order valence-electron chi connectivity index (χ4n) is 2.30. The number of aromatic nitrogens is 1. The van der Waals surface area contributed by atoms with Crippen molar-refractivity contribution in [3.05, 3.63) is 41.1 Å². The van der Waals surface area contributed by atoms with Crippen molar-refractivity contribution >= 4 is 5.69 Å². The minimum atomic E-state index is -0.362. The lowest BCUT2D eigenvalue weighted by molar-refractivity contribution is 0.163. The Hall–Kier alpha value is -2.57. The Morgan fingerprint density at radius 3 is 2.50 bits per heavy atom. The summed E-state index contributed by atoms with van der Waals surface area (Å²) in [7, 11) is 0. The molecule has 2 aromatic rings. The summed E-state index contributed by atoms with van der Waals surface area (Å²) in [5.74, 6) is 0.982. The maximum atomic E-state index is 13.0. The quantitative estimate of drug-likeness (QED) is 0.800. The molecule has 0 aliphatic carbocycles. The van der Waals surface area contributed by atoms with Crippen LogP contribution < -0.4 is 19.5 Å². The number of hydrogen-bond acceptors (Lipinski definition) is 5. The van der Waals surface area contributed by atoms with E-state index in [1.54, 1.807) is 19.9 Å². The minimum Gasteiger partial charge on any atom is -0.490 e. The standard InChI is InChI=1S/C9H10FNO.C8H8FNO2/c1-6-4-9-8(5-7(6)10)11-2-3-12-9;1-5-6(9)4-7-8(10-5)12-3-2-11-7/h4-5,11H,2-3H2,1H3;4H,2-3H2,1H3. The molecule has 5 nitrogen and oxygen atoms in total. The van der Waals surface area contributed by atoms with Crippen LogP contribution in [0, 0.1) is 25.5 Å². The summed E-state index contributed by atoms with van der Waals surface area (Å²) in [5.41, 5.74) is 1.71. The van der Waals surface area contributed by atoms with Crippen LogP contribution in [0.1, 0.15) is 11.3 Å². The van der Waals surface area contributed by atoms with Crippen molar-refractivity contribution in [3.8, 4) is 17.4 Å². The van der Waals surface area contributed by atoms with E-state index >= 15 is 0 Å². The van der Waals surface area contributed by atoms with Gasteiger partial charge in [0.05, 0.1) is 11.4 Å². The third kappa shape index (κ3) is 3.50. The van der Waals surface area contributed by atoms with Gasteiger partial charge in [-0.05, 0) is 25.5 Å². The molecule has 1 aromatic heterocycles. The highest BCUT2D eigenvalue weighted by Gasteiger charge is 2.15. The minimum absolute atomic E-state index is 0.188. The molecule has 0 saturated carbocycles. The largest absolute Gasteiger partial charge is 0.490 e. The lowest BCUT2D eigenvalue weighted by atomic mass is 10.2. The van der Waals surface area contributed by atoms with Gasteiger partial charge in [0.15, 0.2) is 5.75 Å². The second-order valence-corrected chi connectivity index (χ2v) is 5.43. The molecular formula is C17H18F2N2O3. The van der Waals surface area contributed by atoms with Gasteiger partial charge in [0.25, 0.3) is 5.88 Å². The Morgan fingerprint density at radius 1 is 0.917 bits per heavy atom. The summed E-state index contributed by atoms with van der Waals surface area (Å²) < 4.78 is 41.5. The zero-order valence-corrected chi connectivity index (χ0v) is 13.5. The molecule has 0 bridgehead atoms. The molecule has 0 atom stereocenters. The first-order valence-corrected chi connectivity index (χ1v) is 7.64. The molecule has 3 heterocycles. The number of benzene rings is 1. The fraction of sp³-hybridized carbons (Fsp3) is 0.353. The molecule has 2 aliphatic heterocycles. The van der Waals surface area contributed by atoms with Crippen LogP contribution >= 0.6 is 0 Å². The lowest BCUT2D eigenvalue weighted by Crippen LogP contribution is -2.18. The number of hydrogen-bond donors (Lipinski definition) is 1. The maximum absolute atomic E-state index is 13.0. The van der Waals surface area contributed by atoms with Crippen LogP contribution in [-0.4, -0.2) is 31.3 Å². The molecule has 4 rings (SSSR count). The van der Waals surface area contributed by atoms with Gasteiger partial charge in [-0.25, -0.2) is 13.8 Å². The van der Waals surface area contributed by atoms with E-state index in [0.29, 0.717) is 42.7 Å². The summed E-state index contributed by atoms with van der Waals surface area (Å²) >= 11 is 0. The van der Waals surface area contributed by atoms with Crippen molar-refractivity contribution < 1.29 is 23.0 Å².